The van der Waals surface area contributed by atoms with Gasteiger partial charge in [0, 0.05) is 43.9 Å². The van der Waals surface area contributed by atoms with E-state index in [2.05, 4.69) is 42.8 Å². The Morgan fingerprint density at radius 3 is 2.32 bits per heavy atom. The van der Waals surface area contributed by atoms with E-state index in [1.807, 2.05) is 25.1 Å². The fraction of sp³-hybridized carbons (Fsp3) is 0.500. The van der Waals surface area contributed by atoms with Gasteiger partial charge >= 0.3 is 0 Å². The van der Waals surface area contributed by atoms with E-state index in [1.165, 1.54) is 0 Å². The largest absolute Gasteiger partial charge is 0.364 e. The molecule has 5 heteroatoms. The van der Waals surface area contributed by atoms with Gasteiger partial charge in [0.2, 0.25) is 0 Å². The molecule has 2 heterocycles. The molecule has 1 aromatic heterocycles. The molecule has 25 heavy (non-hydrogen) atoms. The van der Waals surface area contributed by atoms with Gasteiger partial charge in [0.25, 0.3) is 5.56 Å². The summed E-state index contributed by atoms with van der Waals surface area (Å²) in [5, 5.41) is 4.72. The fourth-order valence-corrected chi connectivity index (χ4v) is 3.38. The van der Waals surface area contributed by atoms with E-state index in [9.17, 15) is 4.79 Å². The van der Waals surface area contributed by atoms with Crippen LogP contribution in [-0.2, 0) is 6.54 Å². The van der Waals surface area contributed by atoms with Crippen molar-refractivity contribution in [3.63, 3.8) is 0 Å². The molecular weight excluding hydrogens is 312 g/mol. The molecule has 0 N–H and O–H groups in total. The van der Waals surface area contributed by atoms with Gasteiger partial charge in [0.15, 0.2) is 0 Å². The molecule has 0 spiro atoms. The zero-order valence-electron chi connectivity index (χ0n) is 15.7. The summed E-state index contributed by atoms with van der Waals surface area (Å²) in [6.07, 6.45) is 0. The van der Waals surface area contributed by atoms with Crippen LogP contribution < -0.4 is 10.5 Å². The highest BCUT2D eigenvalue weighted by Gasteiger charge is 2.23. The Labute approximate surface area is 149 Å². The summed E-state index contributed by atoms with van der Waals surface area (Å²) in [6, 6.07) is 10.2. The maximum atomic E-state index is 13.1. The van der Waals surface area contributed by atoms with E-state index < -0.39 is 0 Å². The lowest BCUT2D eigenvalue weighted by Gasteiger charge is -2.34. The number of anilines is 1. The molecule has 1 saturated heterocycles. The van der Waals surface area contributed by atoms with E-state index in [0.717, 1.165) is 48.7 Å². The summed E-state index contributed by atoms with van der Waals surface area (Å²) >= 11 is 0. The third kappa shape index (κ3) is 3.76. The molecule has 0 aliphatic carbocycles. The van der Waals surface area contributed by atoms with Crippen molar-refractivity contribution in [1.29, 1.82) is 0 Å². The van der Waals surface area contributed by atoms with Crippen molar-refractivity contribution in [3.05, 3.63) is 46.2 Å². The van der Waals surface area contributed by atoms with Crippen LogP contribution in [0.5, 0.6) is 0 Å². The number of hydrogen-bond acceptors (Lipinski definition) is 4. The van der Waals surface area contributed by atoms with Gasteiger partial charge in [-0.1, -0.05) is 44.2 Å². The van der Waals surface area contributed by atoms with Gasteiger partial charge in [-0.3, -0.25) is 4.79 Å². The van der Waals surface area contributed by atoms with E-state index in [4.69, 9.17) is 5.10 Å². The van der Waals surface area contributed by atoms with Crippen molar-refractivity contribution >= 4 is 5.69 Å². The van der Waals surface area contributed by atoms with Crippen LogP contribution in [0.2, 0.25) is 0 Å². The standard InChI is InChI=1S/C20H28N4O/c1-15(2)14-24-20(25)19(23-12-10-22(4)11-13-23)16(3)18(21-24)17-8-6-5-7-9-17/h5-9,15H,10-14H2,1-4H3. The number of piperazine rings is 1. The van der Waals surface area contributed by atoms with Crippen LogP contribution in [0.3, 0.4) is 0 Å². The molecule has 1 aromatic carbocycles. The van der Waals surface area contributed by atoms with Crippen LogP contribution in [0.1, 0.15) is 19.4 Å². The second-order valence-corrected chi connectivity index (χ2v) is 7.36. The molecule has 1 aliphatic heterocycles. The summed E-state index contributed by atoms with van der Waals surface area (Å²) in [5.74, 6) is 0.372. The van der Waals surface area contributed by atoms with Gasteiger partial charge in [0.1, 0.15) is 5.69 Å². The number of nitrogens with zero attached hydrogens (tertiary/aromatic N) is 4. The van der Waals surface area contributed by atoms with E-state index in [0.29, 0.717) is 12.5 Å². The maximum absolute atomic E-state index is 13.1. The smallest absolute Gasteiger partial charge is 0.290 e. The van der Waals surface area contributed by atoms with Gasteiger partial charge in [-0.2, -0.15) is 5.10 Å². The third-order valence-electron chi connectivity index (χ3n) is 4.77. The normalized spacial score (nSPS) is 15.8. The van der Waals surface area contributed by atoms with Crippen molar-refractivity contribution in [1.82, 2.24) is 14.7 Å². The highest BCUT2D eigenvalue weighted by Crippen LogP contribution is 2.26. The Bertz CT molecular complexity index is 774. The number of aromatic nitrogens is 2. The predicted molar refractivity (Wildman–Crippen MR) is 103 cm³/mol. The first-order valence-electron chi connectivity index (χ1n) is 9.08. The molecule has 0 radical (unpaired) electrons. The van der Waals surface area contributed by atoms with Gasteiger partial charge < -0.3 is 9.80 Å². The third-order valence-corrected chi connectivity index (χ3v) is 4.77. The molecule has 2 aromatic rings. The van der Waals surface area contributed by atoms with Crippen molar-refractivity contribution < 1.29 is 0 Å². The minimum Gasteiger partial charge on any atom is -0.364 e. The second-order valence-electron chi connectivity index (χ2n) is 7.36. The van der Waals surface area contributed by atoms with Gasteiger partial charge in [0.05, 0.1) is 5.69 Å². The minimum atomic E-state index is 0.0374. The lowest BCUT2D eigenvalue weighted by Crippen LogP contribution is -2.47. The van der Waals surface area contributed by atoms with Crippen LogP contribution in [-0.4, -0.2) is 47.9 Å². The lowest BCUT2D eigenvalue weighted by atomic mass is 10.1. The fourth-order valence-electron chi connectivity index (χ4n) is 3.38. The van der Waals surface area contributed by atoms with Crippen LogP contribution >= 0.6 is 0 Å². The molecule has 5 nitrogen and oxygen atoms in total. The first kappa shape index (κ1) is 17.7. The monoisotopic (exact) mass is 340 g/mol. The summed E-state index contributed by atoms with van der Waals surface area (Å²) in [5.41, 5.74) is 3.82. The maximum Gasteiger partial charge on any atom is 0.290 e. The average Bonchev–Trinajstić information content (AvgIpc) is 2.59. The molecule has 134 valence electrons. The first-order valence-corrected chi connectivity index (χ1v) is 9.08. The number of likely N-dealkylation sites (N-methyl/N-ethyl adjacent to an activating group) is 1. The Morgan fingerprint density at radius 2 is 1.72 bits per heavy atom. The van der Waals surface area contributed by atoms with Crippen LogP contribution in [0.15, 0.2) is 35.1 Å². The average molecular weight is 340 g/mol. The number of benzene rings is 1. The van der Waals surface area contributed by atoms with Crippen molar-refractivity contribution in [2.45, 2.75) is 27.3 Å². The van der Waals surface area contributed by atoms with Gasteiger partial charge in [-0.25, -0.2) is 4.68 Å². The minimum absolute atomic E-state index is 0.0374. The van der Waals surface area contributed by atoms with Gasteiger partial charge in [-0.05, 0) is 19.9 Å². The highest BCUT2D eigenvalue weighted by atomic mass is 16.1. The number of hydrogen-bond donors (Lipinski definition) is 0. The Balaban J connectivity index is 2.13. The van der Waals surface area contributed by atoms with Crippen LogP contribution in [0.4, 0.5) is 5.69 Å². The molecule has 0 atom stereocenters. The molecule has 0 bridgehead atoms. The van der Waals surface area contributed by atoms with Crippen molar-refractivity contribution in [3.8, 4) is 11.3 Å². The quantitative estimate of drug-likeness (QED) is 0.858. The molecule has 1 aliphatic rings. The topological polar surface area (TPSA) is 41.4 Å². The Kier molecular flexibility index (Phi) is 5.23. The van der Waals surface area contributed by atoms with Gasteiger partial charge in [-0.15, -0.1) is 0 Å². The predicted octanol–water partition coefficient (Wildman–Crippen LogP) is 2.63. The van der Waals surface area contributed by atoms with E-state index in [1.54, 1.807) is 4.68 Å². The Morgan fingerprint density at radius 1 is 1.08 bits per heavy atom. The van der Waals surface area contributed by atoms with E-state index >= 15 is 0 Å². The summed E-state index contributed by atoms with van der Waals surface area (Å²) < 4.78 is 1.66. The Hall–Kier alpha value is -2.14. The molecule has 0 saturated carbocycles. The SMILES string of the molecule is Cc1c(-c2ccccc2)nn(CC(C)C)c(=O)c1N1CCN(C)CC1. The summed E-state index contributed by atoms with van der Waals surface area (Å²) in [6.45, 7) is 10.6. The summed E-state index contributed by atoms with van der Waals surface area (Å²) in [4.78, 5) is 17.7. The van der Waals surface area contributed by atoms with Crippen molar-refractivity contribution in [2.75, 3.05) is 38.1 Å². The zero-order valence-corrected chi connectivity index (χ0v) is 15.7. The highest BCUT2D eigenvalue weighted by molar-refractivity contribution is 5.69. The number of rotatable bonds is 4. The zero-order chi connectivity index (χ0) is 18.0. The summed E-state index contributed by atoms with van der Waals surface area (Å²) in [7, 11) is 2.13. The first-order chi connectivity index (χ1) is 12.0. The van der Waals surface area contributed by atoms with Crippen LogP contribution in [0.25, 0.3) is 11.3 Å². The lowest BCUT2D eigenvalue weighted by molar-refractivity contribution is 0.312. The molecule has 0 amide bonds. The second kappa shape index (κ2) is 7.40. The molecule has 1 fully saturated rings. The van der Waals surface area contributed by atoms with E-state index in [-0.39, 0.29) is 5.56 Å². The van der Waals surface area contributed by atoms with Crippen LogP contribution in [0, 0.1) is 12.8 Å². The molecule has 0 unspecified atom stereocenters. The van der Waals surface area contributed by atoms with Crippen molar-refractivity contribution in [2.24, 2.45) is 5.92 Å². The molecule has 3 rings (SSSR count). The molecular formula is C20H28N4O.